The van der Waals surface area contributed by atoms with Gasteiger partial charge >= 0.3 is 18.3 Å². The van der Waals surface area contributed by atoms with E-state index in [1.54, 1.807) is 31.4 Å². The molecule has 37 heavy (non-hydrogen) atoms. The fraction of sp³-hybridized carbons (Fsp3) is 0.231. The lowest BCUT2D eigenvalue weighted by Crippen LogP contribution is -2.11. The topological polar surface area (TPSA) is 89.6 Å². The Morgan fingerprint density at radius 1 is 0.919 bits per heavy atom. The van der Waals surface area contributed by atoms with Gasteiger partial charge in [-0.15, -0.1) is 0 Å². The Balaban J connectivity index is 0.000000288. The van der Waals surface area contributed by atoms with Crippen LogP contribution in [-0.2, 0) is 18.8 Å². The van der Waals surface area contributed by atoms with Gasteiger partial charge in [0.25, 0.3) is 0 Å². The molecular formula is C26H25F6NO4. The first kappa shape index (κ1) is 31.2. The molecular weight excluding hydrogens is 504 g/mol. The largest absolute Gasteiger partial charge is 0.497 e. The summed E-state index contributed by atoms with van der Waals surface area (Å²) in [4.78, 5) is 20.5. The molecule has 3 N–H and O–H groups in total. The Morgan fingerprint density at radius 3 is 1.86 bits per heavy atom. The van der Waals surface area contributed by atoms with Gasteiger partial charge in [0.1, 0.15) is 12.0 Å². The summed E-state index contributed by atoms with van der Waals surface area (Å²) in [6, 6.07) is 15.4. The highest BCUT2D eigenvalue weighted by Gasteiger charge is 2.36. The van der Waals surface area contributed by atoms with Gasteiger partial charge in [-0.2, -0.15) is 26.3 Å². The van der Waals surface area contributed by atoms with E-state index >= 15 is 0 Å². The summed E-state index contributed by atoms with van der Waals surface area (Å²) in [5.74, 6) is 0.0240. The molecule has 0 heterocycles. The molecule has 5 nitrogen and oxygen atoms in total. The monoisotopic (exact) mass is 529 g/mol. The van der Waals surface area contributed by atoms with Crippen LogP contribution in [0.15, 0.2) is 66.7 Å². The zero-order valence-corrected chi connectivity index (χ0v) is 19.9. The molecule has 0 radical (unpaired) electrons. The highest BCUT2D eigenvalue weighted by Crippen LogP contribution is 2.35. The summed E-state index contributed by atoms with van der Waals surface area (Å²) in [7, 11) is 1.67. The molecule has 0 atom stereocenters. The van der Waals surface area contributed by atoms with E-state index in [-0.39, 0.29) is 12.4 Å². The zero-order chi connectivity index (χ0) is 28.2. The lowest BCUT2D eigenvalue weighted by Gasteiger charge is -2.12. The highest BCUT2D eigenvalue weighted by molar-refractivity contribution is 5.87. The van der Waals surface area contributed by atoms with Crippen LogP contribution in [0.5, 0.6) is 5.75 Å². The number of aromatic carboxylic acids is 1. The Bertz CT molecular complexity index is 1130. The van der Waals surface area contributed by atoms with Crippen molar-refractivity contribution in [3.63, 3.8) is 0 Å². The number of halogens is 6. The second kappa shape index (κ2) is 14.0. The number of carboxylic acids is 1. The highest BCUT2D eigenvalue weighted by atomic mass is 19.4. The molecule has 0 spiro atoms. The fourth-order valence-corrected chi connectivity index (χ4v) is 2.74. The number of benzene rings is 3. The smallest absolute Gasteiger partial charge is 0.416 e. The Hall–Kier alpha value is -3.86. The van der Waals surface area contributed by atoms with Crippen molar-refractivity contribution < 1.29 is 45.8 Å². The molecule has 0 aliphatic rings. The molecule has 3 aromatic carbocycles. The van der Waals surface area contributed by atoms with E-state index in [0.717, 1.165) is 17.7 Å². The predicted molar refractivity (Wildman–Crippen MR) is 126 cm³/mol. The van der Waals surface area contributed by atoms with Crippen LogP contribution < -0.4 is 10.5 Å². The van der Waals surface area contributed by atoms with Crippen molar-refractivity contribution in [2.24, 2.45) is 5.73 Å². The minimum Gasteiger partial charge on any atom is -0.497 e. The zero-order valence-electron chi connectivity index (χ0n) is 19.9. The number of rotatable bonds is 5. The molecule has 0 aromatic heterocycles. The molecule has 0 aliphatic heterocycles. The quantitative estimate of drug-likeness (QED) is 0.294. The number of carbonyl (C=O) groups excluding carboxylic acids is 1. The number of carbonyl (C=O) groups is 2. The standard InChI is InChI=1S/C9H4F6O.C9H13NO.C8H8O2/c10-8(11,12)6-1-5(4-16)2-7(3-6)9(13,14)15;1-11-9-4-2-3-8(7-9)5-6-10;1-6-2-4-7(5-3-6)8(9)10/h1-4H;2-4,7H,5-6,10H2,1H3;2-5H,1H3,(H,9,10). The van der Waals surface area contributed by atoms with E-state index < -0.39 is 35.0 Å². The number of aryl methyl sites for hydroxylation is 1. The van der Waals surface area contributed by atoms with Crippen molar-refractivity contribution >= 4 is 12.3 Å². The van der Waals surface area contributed by atoms with Crippen LogP contribution >= 0.6 is 0 Å². The molecule has 3 rings (SSSR count). The van der Waals surface area contributed by atoms with Crippen LogP contribution in [0.25, 0.3) is 0 Å². The number of hydrogen-bond acceptors (Lipinski definition) is 4. The van der Waals surface area contributed by atoms with Gasteiger partial charge in [-0.3, -0.25) is 4.79 Å². The molecule has 0 bridgehead atoms. The van der Waals surface area contributed by atoms with Crippen molar-refractivity contribution in [3.8, 4) is 5.75 Å². The average Bonchev–Trinajstić information content (AvgIpc) is 2.84. The van der Waals surface area contributed by atoms with Gasteiger partial charge in [0.05, 0.1) is 23.8 Å². The van der Waals surface area contributed by atoms with Gasteiger partial charge in [-0.25, -0.2) is 4.79 Å². The van der Waals surface area contributed by atoms with E-state index in [1.165, 1.54) is 5.56 Å². The lowest BCUT2D eigenvalue weighted by molar-refractivity contribution is -0.143. The summed E-state index contributed by atoms with van der Waals surface area (Å²) in [6.07, 6.45) is -8.99. The summed E-state index contributed by atoms with van der Waals surface area (Å²) in [5.41, 5.74) is 4.40. The number of hydrogen-bond donors (Lipinski definition) is 2. The van der Waals surface area contributed by atoms with Crippen LogP contribution in [0.1, 0.15) is 43.0 Å². The van der Waals surface area contributed by atoms with Gasteiger partial charge in [0, 0.05) is 5.56 Å². The van der Waals surface area contributed by atoms with Gasteiger partial charge < -0.3 is 15.6 Å². The predicted octanol–water partition coefficient (Wildman–Crippen LogP) is 6.43. The maximum atomic E-state index is 12.2. The molecule has 3 aromatic rings. The van der Waals surface area contributed by atoms with Crippen LogP contribution in [0.2, 0.25) is 0 Å². The third-order valence-electron chi connectivity index (χ3n) is 4.61. The Morgan fingerprint density at radius 2 is 1.46 bits per heavy atom. The van der Waals surface area contributed by atoms with Gasteiger partial charge in [0.15, 0.2) is 0 Å². The van der Waals surface area contributed by atoms with E-state index in [9.17, 15) is 35.9 Å². The number of ether oxygens (including phenoxy) is 1. The van der Waals surface area contributed by atoms with Crippen molar-refractivity contribution in [3.05, 3.63) is 100 Å². The second-order valence-corrected chi connectivity index (χ2v) is 7.52. The SMILES string of the molecule is COc1cccc(CCN)c1.Cc1ccc(C(=O)O)cc1.O=Cc1cc(C(F)(F)F)cc(C(F)(F)F)c1. The lowest BCUT2D eigenvalue weighted by atomic mass is 10.1. The number of aldehydes is 1. The molecule has 11 heteroatoms. The van der Waals surface area contributed by atoms with E-state index in [0.29, 0.717) is 24.2 Å². The third kappa shape index (κ3) is 11.2. The van der Waals surface area contributed by atoms with Crippen LogP contribution in [0, 0.1) is 6.92 Å². The number of methoxy groups -OCH3 is 1. The maximum Gasteiger partial charge on any atom is 0.416 e. The number of nitrogens with two attached hydrogens (primary N) is 1. The molecule has 0 amide bonds. The van der Waals surface area contributed by atoms with Crippen molar-refractivity contribution in [1.29, 1.82) is 0 Å². The average molecular weight is 529 g/mol. The van der Waals surface area contributed by atoms with Crippen molar-refractivity contribution in [1.82, 2.24) is 0 Å². The van der Waals surface area contributed by atoms with E-state index in [4.69, 9.17) is 15.6 Å². The summed E-state index contributed by atoms with van der Waals surface area (Å²) < 4.78 is 78.2. The first-order valence-electron chi connectivity index (χ1n) is 10.6. The summed E-state index contributed by atoms with van der Waals surface area (Å²) in [5, 5.41) is 8.48. The van der Waals surface area contributed by atoms with Gasteiger partial charge in [-0.05, 0) is 67.9 Å². The summed E-state index contributed by atoms with van der Waals surface area (Å²) in [6.45, 7) is 2.61. The van der Waals surface area contributed by atoms with Crippen molar-refractivity contribution in [2.45, 2.75) is 25.7 Å². The van der Waals surface area contributed by atoms with Gasteiger partial charge in [-0.1, -0.05) is 29.8 Å². The molecule has 0 unspecified atom stereocenters. The molecule has 0 aliphatic carbocycles. The minimum atomic E-state index is -4.92. The Kier molecular flexibility index (Phi) is 11.8. The van der Waals surface area contributed by atoms with Crippen molar-refractivity contribution in [2.75, 3.05) is 13.7 Å². The van der Waals surface area contributed by atoms with E-state index in [1.807, 2.05) is 25.1 Å². The number of alkyl halides is 6. The maximum absolute atomic E-state index is 12.2. The number of carboxylic acid groups (broad SMARTS) is 1. The molecule has 0 fully saturated rings. The third-order valence-corrected chi connectivity index (χ3v) is 4.61. The van der Waals surface area contributed by atoms with Crippen LogP contribution in [-0.4, -0.2) is 31.0 Å². The van der Waals surface area contributed by atoms with E-state index in [2.05, 4.69) is 6.07 Å². The Labute approximate surface area is 209 Å². The second-order valence-electron chi connectivity index (χ2n) is 7.52. The van der Waals surface area contributed by atoms with Crippen LogP contribution in [0.4, 0.5) is 26.3 Å². The molecule has 0 saturated heterocycles. The summed E-state index contributed by atoms with van der Waals surface area (Å²) >= 11 is 0. The van der Waals surface area contributed by atoms with Gasteiger partial charge in [0.2, 0.25) is 0 Å². The van der Waals surface area contributed by atoms with Crippen LogP contribution in [0.3, 0.4) is 0 Å². The first-order valence-corrected chi connectivity index (χ1v) is 10.6. The first-order chi connectivity index (χ1) is 17.2. The molecule has 200 valence electrons. The minimum absolute atomic E-state index is 0.0347. The fourth-order valence-electron chi connectivity index (χ4n) is 2.74. The normalized spacial score (nSPS) is 10.8. The molecule has 0 saturated carbocycles.